The fraction of sp³-hybridized carbons (Fsp3) is 0.320. The molecule has 0 unspecified atom stereocenters. The molecule has 2 aliphatic rings. The van der Waals surface area contributed by atoms with Crippen LogP contribution in [0.4, 0.5) is 0 Å². The van der Waals surface area contributed by atoms with Gasteiger partial charge in [-0.15, -0.1) is 0 Å². The molecule has 2 heterocycles. The first-order valence-electron chi connectivity index (χ1n) is 10.8. The van der Waals surface area contributed by atoms with Gasteiger partial charge in [0.25, 0.3) is 0 Å². The summed E-state index contributed by atoms with van der Waals surface area (Å²) in [5.41, 5.74) is 1.12. The van der Waals surface area contributed by atoms with E-state index in [0.717, 1.165) is 5.56 Å². The third kappa shape index (κ3) is 3.38. The molecule has 3 N–H and O–H groups in total. The normalized spacial score (nSPS) is 24.5. The maximum absolute atomic E-state index is 13.5. The molecule has 0 amide bonds. The van der Waals surface area contributed by atoms with Crippen molar-refractivity contribution in [2.45, 2.75) is 44.8 Å². The number of rotatable bonds is 3. The lowest BCUT2D eigenvalue weighted by Crippen LogP contribution is -2.53. The number of carbonyl (C=O) groups is 2. The quantitative estimate of drug-likeness (QED) is 0.438. The maximum Gasteiger partial charge on any atom is 0.216 e. The van der Waals surface area contributed by atoms with E-state index in [0.29, 0.717) is 22.9 Å². The Bertz CT molecular complexity index is 1300. The highest BCUT2D eigenvalue weighted by molar-refractivity contribution is 6.32. The van der Waals surface area contributed by atoms with E-state index in [1.807, 2.05) is 13.0 Å². The second kappa shape index (κ2) is 7.91. The number of benzene rings is 2. The Morgan fingerprint density at radius 1 is 1.18 bits per heavy atom. The number of aromatic nitrogens is 1. The fourth-order valence-electron chi connectivity index (χ4n) is 4.73. The molecule has 1 aliphatic carbocycles. The number of pyridine rings is 1. The summed E-state index contributed by atoms with van der Waals surface area (Å²) in [7, 11) is 1.77. The molecule has 0 bridgehead atoms. The topological polar surface area (TPSA) is 118 Å². The Hall–Kier alpha value is -3.33. The lowest BCUT2D eigenvalue weighted by atomic mass is 9.84. The number of hydrogen-bond donors (Lipinski definition) is 3. The maximum atomic E-state index is 13.5. The average Bonchev–Trinajstić information content (AvgIpc) is 2.78. The van der Waals surface area contributed by atoms with Crippen molar-refractivity contribution in [3.63, 3.8) is 0 Å². The first kappa shape index (κ1) is 21.5. The molecule has 3 aromatic rings. The molecule has 4 atom stereocenters. The summed E-state index contributed by atoms with van der Waals surface area (Å²) >= 11 is 0. The van der Waals surface area contributed by atoms with E-state index < -0.39 is 30.1 Å². The van der Waals surface area contributed by atoms with Gasteiger partial charge in [-0.05, 0) is 44.7 Å². The number of aromatic hydroxyl groups is 1. The molecule has 0 radical (unpaired) electrons. The highest BCUT2D eigenvalue weighted by Gasteiger charge is 2.38. The zero-order chi connectivity index (χ0) is 23.4. The summed E-state index contributed by atoms with van der Waals surface area (Å²) in [6.07, 6.45) is 0.138. The molecule has 5 rings (SSSR count). The summed E-state index contributed by atoms with van der Waals surface area (Å²) in [5, 5.41) is 24.8. The molecule has 1 saturated heterocycles. The highest BCUT2D eigenvalue weighted by Crippen LogP contribution is 2.39. The van der Waals surface area contributed by atoms with Crippen LogP contribution in [0.25, 0.3) is 10.8 Å². The zero-order valence-electron chi connectivity index (χ0n) is 18.5. The van der Waals surface area contributed by atoms with Crippen molar-refractivity contribution < 1.29 is 29.3 Å². The number of nitrogens with one attached hydrogen (secondary N) is 1. The van der Waals surface area contributed by atoms with Crippen LogP contribution >= 0.6 is 0 Å². The van der Waals surface area contributed by atoms with E-state index in [-0.39, 0.29) is 34.2 Å². The number of phenolic OH excluding ortho intramolecular Hbond substituents is 1. The van der Waals surface area contributed by atoms with Gasteiger partial charge in [0.1, 0.15) is 17.2 Å². The summed E-state index contributed by atoms with van der Waals surface area (Å²) in [6.45, 7) is 3.67. The Morgan fingerprint density at radius 2 is 1.97 bits per heavy atom. The minimum absolute atomic E-state index is 0.0170. The molecule has 170 valence electrons. The number of carbonyl (C=O) groups excluding carboxylic acids is 2. The minimum Gasteiger partial charge on any atom is -0.507 e. The van der Waals surface area contributed by atoms with E-state index in [1.54, 1.807) is 20.0 Å². The third-order valence-corrected chi connectivity index (χ3v) is 6.39. The van der Waals surface area contributed by atoms with Crippen molar-refractivity contribution >= 4 is 22.3 Å². The SMILES string of the molecule is CN[C@H]1C[C@@H](Oc2cc(C)cc3cnc4c(c23)C(=O)c2cccc(O)c2C4=O)O[C@H](C)[C@H]1O. The zero-order valence-corrected chi connectivity index (χ0v) is 18.5. The van der Waals surface area contributed by atoms with Gasteiger partial charge >= 0.3 is 0 Å². The van der Waals surface area contributed by atoms with Crippen LogP contribution in [0.5, 0.6) is 11.5 Å². The number of aliphatic hydroxyl groups excluding tert-OH is 1. The number of nitrogens with zero attached hydrogens (tertiary/aromatic N) is 1. The lowest BCUT2D eigenvalue weighted by Gasteiger charge is -2.37. The molecular formula is C25H24N2O6. The van der Waals surface area contributed by atoms with Crippen molar-refractivity contribution in [2.24, 2.45) is 0 Å². The van der Waals surface area contributed by atoms with Gasteiger partial charge < -0.3 is 25.0 Å². The summed E-state index contributed by atoms with van der Waals surface area (Å²) in [6, 6.07) is 7.88. The number of phenols is 1. The van der Waals surface area contributed by atoms with Crippen molar-refractivity contribution in [3.8, 4) is 11.5 Å². The number of ether oxygens (including phenoxy) is 2. The number of fused-ring (bicyclic) bond motifs is 4. The molecule has 2 aromatic carbocycles. The third-order valence-electron chi connectivity index (χ3n) is 6.39. The molecule has 33 heavy (non-hydrogen) atoms. The van der Waals surface area contributed by atoms with Crippen LogP contribution in [0.1, 0.15) is 50.9 Å². The Morgan fingerprint density at radius 3 is 2.73 bits per heavy atom. The van der Waals surface area contributed by atoms with Crippen molar-refractivity contribution in [2.75, 3.05) is 7.05 Å². The monoisotopic (exact) mass is 448 g/mol. The van der Waals surface area contributed by atoms with E-state index in [9.17, 15) is 19.8 Å². The van der Waals surface area contributed by atoms with Gasteiger partial charge in [-0.2, -0.15) is 0 Å². The average molecular weight is 448 g/mol. The summed E-state index contributed by atoms with van der Waals surface area (Å²) in [4.78, 5) is 31.0. The molecule has 1 fully saturated rings. The Labute approximate surface area is 190 Å². The summed E-state index contributed by atoms with van der Waals surface area (Å²) < 4.78 is 12.1. The molecule has 1 aliphatic heterocycles. The van der Waals surface area contributed by atoms with Crippen LogP contribution in [-0.4, -0.2) is 58.4 Å². The van der Waals surface area contributed by atoms with Gasteiger partial charge in [0.05, 0.1) is 23.3 Å². The van der Waals surface area contributed by atoms with Gasteiger partial charge in [-0.1, -0.05) is 12.1 Å². The van der Waals surface area contributed by atoms with Gasteiger partial charge in [-0.3, -0.25) is 14.6 Å². The van der Waals surface area contributed by atoms with Gasteiger partial charge in [0.15, 0.2) is 5.78 Å². The number of likely N-dealkylation sites (N-methyl/N-ethyl adjacent to an activating group) is 1. The largest absolute Gasteiger partial charge is 0.507 e. The molecule has 0 spiro atoms. The lowest BCUT2D eigenvalue weighted by molar-refractivity contribution is -0.189. The molecule has 8 nitrogen and oxygen atoms in total. The molecular weight excluding hydrogens is 424 g/mol. The second-order valence-electron chi connectivity index (χ2n) is 8.58. The molecule has 1 aromatic heterocycles. The van der Waals surface area contributed by atoms with Crippen LogP contribution in [0, 0.1) is 6.92 Å². The number of hydrogen-bond acceptors (Lipinski definition) is 8. The van der Waals surface area contributed by atoms with Crippen LogP contribution in [-0.2, 0) is 4.74 Å². The number of aliphatic hydroxyl groups is 1. The van der Waals surface area contributed by atoms with Crippen LogP contribution < -0.4 is 10.1 Å². The van der Waals surface area contributed by atoms with Crippen molar-refractivity contribution in [1.29, 1.82) is 0 Å². The van der Waals surface area contributed by atoms with E-state index in [2.05, 4.69) is 10.3 Å². The standard InChI is InChI=1S/C25H24N2O6/c1-11-7-13-10-27-22-21(24(30)14-5-4-6-16(28)20(14)25(22)31)19(13)17(8-11)33-18-9-15(26-3)23(29)12(2)32-18/h4-8,10,12,15,18,23,26,28-29H,9H2,1-3H3/t12-,15+,18-,23-/m1/s1. The van der Waals surface area contributed by atoms with Crippen molar-refractivity contribution in [1.82, 2.24) is 10.3 Å². The Kier molecular flexibility index (Phi) is 5.16. The first-order chi connectivity index (χ1) is 15.8. The van der Waals surface area contributed by atoms with Gasteiger partial charge in [-0.25, -0.2) is 0 Å². The number of aryl methyl sites for hydroxylation is 1. The smallest absolute Gasteiger partial charge is 0.216 e. The fourth-order valence-corrected chi connectivity index (χ4v) is 4.73. The van der Waals surface area contributed by atoms with E-state index in [1.165, 1.54) is 24.4 Å². The van der Waals surface area contributed by atoms with Crippen LogP contribution in [0.15, 0.2) is 36.5 Å². The molecule has 8 heteroatoms. The van der Waals surface area contributed by atoms with Gasteiger partial charge in [0.2, 0.25) is 12.1 Å². The number of ketones is 2. The van der Waals surface area contributed by atoms with Crippen molar-refractivity contribution in [3.05, 3.63) is 64.5 Å². The predicted octanol–water partition coefficient (Wildman–Crippen LogP) is 2.49. The van der Waals surface area contributed by atoms with Crippen LogP contribution in [0.2, 0.25) is 0 Å². The Balaban J connectivity index is 1.66. The first-order valence-corrected chi connectivity index (χ1v) is 10.8. The summed E-state index contributed by atoms with van der Waals surface area (Å²) in [5.74, 6) is -0.757. The van der Waals surface area contributed by atoms with Gasteiger partial charge in [0, 0.05) is 35.0 Å². The second-order valence-corrected chi connectivity index (χ2v) is 8.58. The highest BCUT2D eigenvalue weighted by atomic mass is 16.7. The van der Waals surface area contributed by atoms with E-state index in [4.69, 9.17) is 9.47 Å². The molecule has 0 saturated carbocycles. The predicted molar refractivity (Wildman–Crippen MR) is 120 cm³/mol. The minimum atomic E-state index is -0.676. The van der Waals surface area contributed by atoms with Crippen LogP contribution in [0.3, 0.4) is 0 Å². The van der Waals surface area contributed by atoms with E-state index >= 15 is 0 Å².